The van der Waals surface area contributed by atoms with Crippen LogP contribution < -0.4 is 15.4 Å². The lowest BCUT2D eigenvalue weighted by atomic mass is 10.1. The third-order valence-corrected chi connectivity index (χ3v) is 4.10. The Morgan fingerprint density at radius 2 is 2.08 bits per heavy atom. The first-order valence-corrected chi connectivity index (χ1v) is 8.16. The van der Waals surface area contributed by atoms with Gasteiger partial charge in [0.15, 0.2) is 6.61 Å². The Morgan fingerprint density at radius 3 is 2.75 bits per heavy atom. The molecule has 0 saturated heterocycles. The summed E-state index contributed by atoms with van der Waals surface area (Å²) in [6.45, 7) is 6.99. The van der Waals surface area contributed by atoms with E-state index in [0.29, 0.717) is 6.54 Å². The molecule has 0 saturated carbocycles. The lowest BCUT2D eigenvalue weighted by molar-refractivity contribution is -0.122. The van der Waals surface area contributed by atoms with Crippen molar-refractivity contribution < 1.29 is 9.53 Å². The van der Waals surface area contributed by atoms with E-state index in [4.69, 9.17) is 4.74 Å². The maximum Gasteiger partial charge on any atom is 0.257 e. The summed E-state index contributed by atoms with van der Waals surface area (Å²) in [5.41, 5.74) is 2.18. The van der Waals surface area contributed by atoms with Crippen LogP contribution in [0.3, 0.4) is 0 Å². The van der Waals surface area contributed by atoms with Gasteiger partial charge in [-0.25, -0.2) is 0 Å². The number of hydrogen-bond acceptors (Lipinski definition) is 4. The van der Waals surface area contributed by atoms with Gasteiger partial charge in [0.25, 0.3) is 5.91 Å². The molecule has 0 fully saturated rings. The molecule has 2 rings (SSSR count). The molecule has 2 N–H and O–H groups in total. The highest BCUT2D eigenvalue weighted by molar-refractivity contribution is 5.77. The molecule has 0 unspecified atom stereocenters. The lowest BCUT2D eigenvalue weighted by Gasteiger charge is -2.22. The van der Waals surface area contributed by atoms with Gasteiger partial charge in [0.05, 0.1) is 12.2 Å². The van der Waals surface area contributed by atoms with Crippen molar-refractivity contribution in [3.8, 4) is 5.75 Å². The maximum absolute atomic E-state index is 11.3. The van der Waals surface area contributed by atoms with Crippen molar-refractivity contribution in [1.29, 1.82) is 0 Å². The van der Waals surface area contributed by atoms with Gasteiger partial charge in [-0.05, 0) is 32.4 Å². The molecule has 2 aromatic rings. The van der Waals surface area contributed by atoms with Gasteiger partial charge in [-0.15, -0.1) is 0 Å². The van der Waals surface area contributed by atoms with Crippen LogP contribution in [0.5, 0.6) is 5.75 Å². The zero-order valence-corrected chi connectivity index (χ0v) is 14.7. The van der Waals surface area contributed by atoms with Crippen molar-refractivity contribution in [3.05, 3.63) is 47.8 Å². The monoisotopic (exact) mass is 330 g/mol. The van der Waals surface area contributed by atoms with E-state index in [-0.39, 0.29) is 24.6 Å². The number of benzene rings is 1. The lowest BCUT2D eigenvalue weighted by Crippen LogP contribution is -2.33. The number of nitrogens with one attached hydrogen (secondary N) is 2. The van der Waals surface area contributed by atoms with Crippen molar-refractivity contribution in [1.82, 2.24) is 20.4 Å². The number of carbonyl (C=O) groups excluding carboxylic acids is 1. The van der Waals surface area contributed by atoms with Crippen molar-refractivity contribution in [3.63, 3.8) is 0 Å². The smallest absolute Gasteiger partial charge is 0.257 e. The predicted molar refractivity (Wildman–Crippen MR) is 94.0 cm³/mol. The average Bonchev–Trinajstić information content (AvgIpc) is 3.03. The zero-order chi connectivity index (χ0) is 17.5. The molecule has 1 amide bonds. The fourth-order valence-corrected chi connectivity index (χ4v) is 2.33. The summed E-state index contributed by atoms with van der Waals surface area (Å²) in [4.78, 5) is 11.3. The second-order valence-electron chi connectivity index (χ2n) is 5.98. The van der Waals surface area contributed by atoms with Crippen LogP contribution in [-0.2, 0) is 11.3 Å². The third-order valence-electron chi connectivity index (χ3n) is 4.10. The molecule has 0 aliphatic heterocycles. The SMILES string of the molecule is CNC(=O)COc1ccccc1CN[C@@H](C)[C@@H](C)n1cc(C)cn1. The van der Waals surface area contributed by atoms with Crippen LogP contribution >= 0.6 is 0 Å². The van der Waals surface area contributed by atoms with Gasteiger partial charge >= 0.3 is 0 Å². The van der Waals surface area contributed by atoms with Crippen molar-refractivity contribution >= 4 is 5.91 Å². The average molecular weight is 330 g/mol. The number of aromatic nitrogens is 2. The molecular weight excluding hydrogens is 304 g/mol. The van der Waals surface area contributed by atoms with E-state index < -0.39 is 0 Å². The number of hydrogen-bond donors (Lipinski definition) is 2. The van der Waals surface area contributed by atoms with Crippen LogP contribution in [0.25, 0.3) is 0 Å². The van der Waals surface area contributed by atoms with Crippen LogP contribution in [-0.4, -0.2) is 35.4 Å². The summed E-state index contributed by atoms with van der Waals surface area (Å²) in [6.07, 6.45) is 3.91. The molecule has 2 atom stereocenters. The molecule has 0 spiro atoms. The van der Waals surface area contributed by atoms with E-state index in [2.05, 4.69) is 29.6 Å². The number of amides is 1. The Morgan fingerprint density at radius 1 is 1.33 bits per heavy atom. The number of para-hydroxylation sites is 1. The molecule has 0 aliphatic rings. The van der Waals surface area contributed by atoms with Gasteiger partial charge < -0.3 is 15.4 Å². The molecule has 0 radical (unpaired) electrons. The van der Waals surface area contributed by atoms with Crippen LogP contribution in [0.1, 0.15) is 31.0 Å². The fourth-order valence-electron chi connectivity index (χ4n) is 2.33. The molecule has 130 valence electrons. The molecule has 0 bridgehead atoms. The van der Waals surface area contributed by atoms with E-state index in [1.54, 1.807) is 7.05 Å². The van der Waals surface area contributed by atoms with Crippen molar-refractivity contribution in [2.24, 2.45) is 0 Å². The summed E-state index contributed by atoms with van der Waals surface area (Å²) >= 11 is 0. The third kappa shape index (κ3) is 4.83. The van der Waals surface area contributed by atoms with Crippen LogP contribution in [0.2, 0.25) is 0 Å². The van der Waals surface area contributed by atoms with Gasteiger partial charge in [0.1, 0.15) is 5.75 Å². The Balaban J connectivity index is 1.94. The number of carbonyl (C=O) groups is 1. The van der Waals surface area contributed by atoms with Gasteiger partial charge in [-0.2, -0.15) is 5.10 Å². The summed E-state index contributed by atoms with van der Waals surface area (Å²) in [6, 6.07) is 8.22. The van der Waals surface area contributed by atoms with Gasteiger partial charge in [-0.3, -0.25) is 9.48 Å². The number of ether oxygens (including phenoxy) is 1. The molecule has 1 heterocycles. The molecule has 6 heteroatoms. The first-order valence-electron chi connectivity index (χ1n) is 8.16. The number of rotatable bonds is 8. The quantitative estimate of drug-likeness (QED) is 0.777. The van der Waals surface area contributed by atoms with E-state index in [1.807, 2.05) is 48.3 Å². The van der Waals surface area contributed by atoms with E-state index in [1.165, 1.54) is 0 Å². The summed E-state index contributed by atoms with van der Waals surface area (Å²) in [5.74, 6) is 0.581. The van der Waals surface area contributed by atoms with Crippen LogP contribution in [0, 0.1) is 6.92 Å². The molecular formula is C18H26N4O2. The standard InChI is InChI=1S/C18H26N4O2/c1-13-9-21-22(11-13)15(3)14(2)20-10-16-7-5-6-8-17(16)24-12-18(23)19-4/h5-9,11,14-15,20H,10,12H2,1-4H3,(H,19,23)/t14-,15+/m0/s1. The van der Waals surface area contributed by atoms with E-state index in [0.717, 1.165) is 16.9 Å². The highest BCUT2D eigenvalue weighted by Gasteiger charge is 2.15. The van der Waals surface area contributed by atoms with Gasteiger partial charge in [0.2, 0.25) is 0 Å². The highest BCUT2D eigenvalue weighted by Crippen LogP contribution is 2.19. The second-order valence-corrected chi connectivity index (χ2v) is 5.98. The zero-order valence-electron chi connectivity index (χ0n) is 14.7. The molecule has 1 aromatic heterocycles. The maximum atomic E-state index is 11.3. The summed E-state index contributed by atoms with van der Waals surface area (Å²) in [5, 5.41) is 10.4. The Hall–Kier alpha value is -2.34. The largest absolute Gasteiger partial charge is 0.483 e. The van der Waals surface area contributed by atoms with Gasteiger partial charge in [0, 0.05) is 31.4 Å². The number of likely N-dealkylation sites (N-methyl/N-ethyl adjacent to an activating group) is 1. The van der Waals surface area contributed by atoms with Crippen LogP contribution in [0.4, 0.5) is 0 Å². The Kier molecular flexibility index (Phi) is 6.37. The van der Waals surface area contributed by atoms with Crippen molar-refractivity contribution in [2.75, 3.05) is 13.7 Å². The predicted octanol–water partition coefficient (Wildman–Crippen LogP) is 2.06. The number of nitrogens with zero attached hydrogens (tertiary/aromatic N) is 2. The van der Waals surface area contributed by atoms with Crippen molar-refractivity contribution in [2.45, 2.75) is 39.4 Å². The van der Waals surface area contributed by atoms with E-state index in [9.17, 15) is 4.79 Å². The molecule has 24 heavy (non-hydrogen) atoms. The molecule has 6 nitrogen and oxygen atoms in total. The Bertz CT molecular complexity index is 669. The van der Waals surface area contributed by atoms with Gasteiger partial charge in [-0.1, -0.05) is 18.2 Å². The fraction of sp³-hybridized carbons (Fsp3) is 0.444. The topological polar surface area (TPSA) is 68.2 Å². The highest BCUT2D eigenvalue weighted by atomic mass is 16.5. The first kappa shape index (κ1) is 18.0. The second kappa shape index (κ2) is 8.49. The minimum Gasteiger partial charge on any atom is -0.483 e. The normalized spacial score (nSPS) is 13.3. The minimum absolute atomic E-state index is 0.0199. The Labute approximate surface area is 143 Å². The number of aryl methyl sites for hydroxylation is 1. The summed E-state index contributed by atoms with van der Waals surface area (Å²) in [7, 11) is 1.60. The van der Waals surface area contributed by atoms with E-state index >= 15 is 0 Å². The first-order chi connectivity index (χ1) is 11.5. The molecule has 1 aromatic carbocycles. The van der Waals surface area contributed by atoms with Crippen LogP contribution in [0.15, 0.2) is 36.7 Å². The minimum atomic E-state index is -0.145. The summed E-state index contributed by atoms with van der Waals surface area (Å²) < 4.78 is 7.57. The molecule has 0 aliphatic carbocycles.